The van der Waals surface area contributed by atoms with Gasteiger partial charge in [-0.2, -0.15) is 0 Å². The summed E-state index contributed by atoms with van der Waals surface area (Å²) in [6, 6.07) is 41.9. The van der Waals surface area contributed by atoms with Gasteiger partial charge < -0.3 is 9.47 Å². The van der Waals surface area contributed by atoms with Crippen LogP contribution in [0.5, 0.6) is 23.3 Å². The van der Waals surface area contributed by atoms with Gasteiger partial charge in [-0.25, -0.2) is 24.9 Å². The Kier molecular flexibility index (Phi) is 8.25. The van der Waals surface area contributed by atoms with Crippen LogP contribution in [0.1, 0.15) is 0 Å². The molecular formula is C41H36N6O2Si2. The molecule has 0 fully saturated rings. The average molecular weight is 701 g/mol. The molecule has 51 heavy (non-hydrogen) atoms. The second kappa shape index (κ2) is 13.0. The van der Waals surface area contributed by atoms with Crippen molar-refractivity contribution in [1.29, 1.82) is 0 Å². The molecule has 4 heterocycles. The highest BCUT2D eigenvalue weighted by molar-refractivity contribution is 7.01. The van der Waals surface area contributed by atoms with Crippen LogP contribution in [0.25, 0.3) is 27.8 Å². The second-order valence-electron chi connectivity index (χ2n) is 13.6. The summed E-state index contributed by atoms with van der Waals surface area (Å²) < 4.78 is 14.4. The third kappa shape index (κ3) is 6.20. The number of nitrogens with zero attached hydrogens (tertiary/aromatic N) is 6. The lowest BCUT2D eigenvalue weighted by Crippen LogP contribution is -2.52. The first-order valence-corrected chi connectivity index (χ1v) is 22.9. The summed E-state index contributed by atoms with van der Waals surface area (Å²) in [6.45, 7) is 9.51. The number of aromatic nitrogens is 6. The Morgan fingerprint density at radius 2 is 0.941 bits per heavy atom. The lowest BCUT2D eigenvalue weighted by atomic mass is 10.1. The molecule has 0 aliphatic heterocycles. The summed E-state index contributed by atoms with van der Waals surface area (Å²) in [6.07, 6.45) is 6.60. The van der Waals surface area contributed by atoms with Gasteiger partial charge in [0.2, 0.25) is 17.7 Å². The lowest BCUT2D eigenvalue weighted by molar-refractivity contribution is 0.463. The van der Waals surface area contributed by atoms with Gasteiger partial charge in [0.05, 0.1) is 11.0 Å². The molecule has 0 saturated carbocycles. The van der Waals surface area contributed by atoms with Gasteiger partial charge in [0.25, 0.3) is 0 Å². The molecule has 0 saturated heterocycles. The van der Waals surface area contributed by atoms with E-state index in [9.17, 15) is 0 Å². The maximum absolute atomic E-state index is 6.12. The van der Waals surface area contributed by atoms with Crippen molar-refractivity contribution >= 4 is 58.7 Å². The van der Waals surface area contributed by atoms with Crippen molar-refractivity contribution in [2.75, 3.05) is 0 Å². The molecule has 0 unspecified atom stereocenters. The molecule has 0 amide bonds. The Morgan fingerprint density at radius 1 is 0.471 bits per heavy atom. The molecule has 4 aromatic heterocycles. The number of benzene rings is 4. The van der Waals surface area contributed by atoms with Crippen LogP contribution in [0.15, 0.2) is 146 Å². The molecule has 8 nitrogen and oxygen atoms in total. The number of rotatable bonds is 9. The molecule has 10 heteroatoms. The lowest BCUT2D eigenvalue weighted by Gasteiger charge is -2.24. The zero-order valence-corrected chi connectivity index (χ0v) is 30.9. The van der Waals surface area contributed by atoms with E-state index >= 15 is 0 Å². The molecule has 0 aliphatic rings. The first-order chi connectivity index (χ1) is 24.8. The summed E-state index contributed by atoms with van der Waals surface area (Å²) in [5, 5.41) is 7.43. The Morgan fingerprint density at radius 3 is 1.39 bits per heavy atom. The maximum atomic E-state index is 6.12. The molecule has 0 aliphatic carbocycles. The van der Waals surface area contributed by atoms with Gasteiger partial charge in [-0.15, -0.1) is 0 Å². The van der Waals surface area contributed by atoms with E-state index in [1.165, 1.54) is 20.7 Å². The molecule has 4 aromatic carbocycles. The van der Waals surface area contributed by atoms with Gasteiger partial charge in [0.1, 0.15) is 40.3 Å². The fraction of sp³-hybridized carbons (Fsp3) is 0.0976. The highest BCUT2D eigenvalue weighted by atomic mass is 28.3. The molecule has 0 spiro atoms. The quantitative estimate of drug-likeness (QED) is 0.150. The standard InChI is InChI=1S/C41H36N6O2Si2/c1-50(2,31-13-9-11-29(23-31)48-39-15-5-7-21-43-39)33-17-19-35-36-20-18-34(26-38(36)47(37(35)25-33)41-45-27-42-28-46-41)51(3,4)32-14-10-12-30(24-32)49-40-16-6-8-22-44-40/h5-28H,1-4H3. The van der Waals surface area contributed by atoms with Crippen molar-refractivity contribution in [3.05, 3.63) is 146 Å². The third-order valence-corrected chi connectivity index (χ3v) is 16.7. The van der Waals surface area contributed by atoms with E-state index in [2.05, 4.69) is 128 Å². The fourth-order valence-electron chi connectivity index (χ4n) is 6.65. The first kappa shape index (κ1) is 32.2. The van der Waals surface area contributed by atoms with Crippen molar-refractivity contribution in [1.82, 2.24) is 29.5 Å². The van der Waals surface area contributed by atoms with Crippen LogP contribution >= 0.6 is 0 Å². The van der Waals surface area contributed by atoms with Crippen molar-refractivity contribution < 1.29 is 9.47 Å². The van der Waals surface area contributed by atoms with Gasteiger partial charge in [-0.1, -0.05) is 108 Å². The summed E-state index contributed by atoms with van der Waals surface area (Å²) in [5.41, 5.74) is 2.13. The number of ether oxygens (including phenoxy) is 2. The molecule has 250 valence electrons. The molecular weight excluding hydrogens is 665 g/mol. The topological polar surface area (TPSA) is 87.8 Å². The minimum absolute atomic E-state index is 0.577. The third-order valence-electron chi connectivity index (χ3n) is 9.72. The zero-order chi connectivity index (χ0) is 35.0. The molecule has 0 radical (unpaired) electrons. The SMILES string of the molecule is C[Si](C)(c1cccc(Oc2ccccn2)c1)c1ccc2c3ccc([Si](C)(C)c4cccc(Oc5ccccn5)c4)cc3n(-c3ncncn3)c2c1. The summed E-state index contributed by atoms with van der Waals surface area (Å²) in [4.78, 5) is 22.1. The highest BCUT2D eigenvalue weighted by Gasteiger charge is 2.30. The predicted octanol–water partition coefficient (Wildman–Crippen LogP) is 6.99. The van der Waals surface area contributed by atoms with E-state index in [-0.39, 0.29) is 0 Å². The van der Waals surface area contributed by atoms with Crippen molar-refractivity contribution in [2.45, 2.75) is 26.2 Å². The molecule has 0 atom stereocenters. The number of hydrogen-bond acceptors (Lipinski definition) is 7. The summed E-state index contributed by atoms with van der Waals surface area (Å²) in [7, 11) is -4.38. The van der Waals surface area contributed by atoms with Crippen LogP contribution in [0.3, 0.4) is 0 Å². The molecule has 0 N–H and O–H groups in total. The van der Waals surface area contributed by atoms with E-state index < -0.39 is 16.1 Å². The molecule has 8 aromatic rings. The van der Waals surface area contributed by atoms with Crippen LogP contribution in [0.4, 0.5) is 0 Å². The minimum Gasteiger partial charge on any atom is -0.439 e. The maximum Gasteiger partial charge on any atom is 0.237 e. The molecule has 8 rings (SSSR count). The Labute approximate surface area is 298 Å². The Hall–Kier alpha value is -5.98. The van der Waals surface area contributed by atoms with Crippen LogP contribution in [0.2, 0.25) is 26.2 Å². The van der Waals surface area contributed by atoms with Gasteiger partial charge in [-0.05, 0) is 48.5 Å². The van der Waals surface area contributed by atoms with E-state index in [0.29, 0.717) is 17.7 Å². The second-order valence-corrected chi connectivity index (χ2v) is 22.4. The van der Waals surface area contributed by atoms with Crippen LogP contribution < -0.4 is 30.2 Å². The van der Waals surface area contributed by atoms with Crippen molar-refractivity contribution in [2.24, 2.45) is 0 Å². The Balaban J connectivity index is 1.22. The van der Waals surface area contributed by atoms with Gasteiger partial charge in [0, 0.05) is 35.3 Å². The smallest absolute Gasteiger partial charge is 0.237 e. The van der Waals surface area contributed by atoms with E-state index in [1.807, 2.05) is 48.5 Å². The number of fused-ring (bicyclic) bond motifs is 3. The predicted molar refractivity (Wildman–Crippen MR) is 209 cm³/mol. The number of hydrogen-bond donors (Lipinski definition) is 0. The van der Waals surface area contributed by atoms with Crippen LogP contribution in [0, 0.1) is 0 Å². The largest absolute Gasteiger partial charge is 0.439 e. The minimum atomic E-state index is -2.19. The molecule has 0 bridgehead atoms. The summed E-state index contributed by atoms with van der Waals surface area (Å²) in [5.74, 6) is 3.30. The van der Waals surface area contributed by atoms with E-state index in [0.717, 1.165) is 33.3 Å². The zero-order valence-electron chi connectivity index (χ0n) is 28.9. The van der Waals surface area contributed by atoms with Gasteiger partial charge >= 0.3 is 0 Å². The van der Waals surface area contributed by atoms with Gasteiger partial charge in [0.15, 0.2) is 0 Å². The van der Waals surface area contributed by atoms with E-state index in [1.54, 1.807) is 25.0 Å². The van der Waals surface area contributed by atoms with Crippen molar-refractivity contribution in [3.63, 3.8) is 0 Å². The van der Waals surface area contributed by atoms with Crippen LogP contribution in [-0.4, -0.2) is 45.6 Å². The van der Waals surface area contributed by atoms with E-state index in [4.69, 9.17) is 9.47 Å². The highest BCUT2D eigenvalue weighted by Crippen LogP contribution is 2.31. The van der Waals surface area contributed by atoms with Gasteiger partial charge in [-0.3, -0.25) is 4.57 Å². The average Bonchev–Trinajstić information content (AvgIpc) is 3.49. The Bertz CT molecular complexity index is 2340. The summed E-state index contributed by atoms with van der Waals surface area (Å²) >= 11 is 0. The normalized spacial score (nSPS) is 11.9. The number of pyridine rings is 2. The monoisotopic (exact) mass is 700 g/mol. The van der Waals surface area contributed by atoms with Crippen LogP contribution in [-0.2, 0) is 0 Å². The van der Waals surface area contributed by atoms with Crippen molar-refractivity contribution in [3.8, 4) is 29.2 Å². The fourth-order valence-corrected chi connectivity index (χ4v) is 11.3. The first-order valence-electron chi connectivity index (χ1n) is 16.9.